The minimum Gasteiger partial charge on any atom is -0.445 e. The van der Waals surface area contributed by atoms with Crippen LogP contribution in [0.25, 0.3) is 0 Å². The summed E-state index contributed by atoms with van der Waals surface area (Å²) in [5.74, 6) is -1.26. The first kappa shape index (κ1) is 17.9. The maximum absolute atomic E-state index is 14.5. The molecule has 4 nitrogen and oxygen atoms in total. The number of fused-ring (bicyclic) bond motifs is 1. The first-order chi connectivity index (χ1) is 13.1. The van der Waals surface area contributed by atoms with Gasteiger partial charge in [-0.2, -0.15) is 0 Å². The van der Waals surface area contributed by atoms with Gasteiger partial charge in [-0.3, -0.25) is 0 Å². The summed E-state index contributed by atoms with van der Waals surface area (Å²) < 4.78 is 33.6. The third-order valence-corrected chi connectivity index (χ3v) is 5.89. The third kappa shape index (κ3) is 3.30. The fourth-order valence-corrected chi connectivity index (χ4v) is 4.52. The van der Waals surface area contributed by atoms with Gasteiger partial charge in [0.2, 0.25) is 0 Å². The molecule has 1 saturated heterocycles. The summed E-state index contributed by atoms with van der Waals surface area (Å²) in [5.41, 5.74) is 0.661. The third-order valence-electron chi connectivity index (χ3n) is 5.89. The smallest absolute Gasteiger partial charge is 0.407 e. The minimum absolute atomic E-state index is 0.169. The molecule has 1 aliphatic heterocycles. The van der Waals surface area contributed by atoms with Crippen molar-refractivity contribution >= 4 is 6.09 Å². The number of carbonyl (C=O) groups is 1. The molecular weight excluding hydrogens is 350 g/mol. The number of benzene rings is 2. The molecule has 2 fully saturated rings. The van der Waals surface area contributed by atoms with Crippen molar-refractivity contribution in [3.63, 3.8) is 0 Å². The molecule has 1 saturated carbocycles. The fourth-order valence-electron chi connectivity index (χ4n) is 4.52. The molecule has 0 spiro atoms. The van der Waals surface area contributed by atoms with Crippen molar-refractivity contribution in [2.75, 3.05) is 19.6 Å². The van der Waals surface area contributed by atoms with E-state index in [9.17, 15) is 13.6 Å². The monoisotopic (exact) mass is 372 g/mol. The summed E-state index contributed by atoms with van der Waals surface area (Å²) in [7, 11) is 0. The highest BCUT2D eigenvalue weighted by Crippen LogP contribution is 2.62. The van der Waals surface area contributed by atoms with E-state index in [-0.39, 0.29) is 25.0 Å². The molecule has 0 aromatic heterocycles. The predicted octanol–water partition coefficient (Wildman–Crippen LogP) is 3.37. The summed E-state index contributed by atoms with van der Waals surface area (Å²) in [6, 6.07) is 13.7. The second-order valence-corrected chi connectivity index (χ2v) is 7.26. The second-order valence-electron chi connectivity index (χ2n) is 7.26. The zero-order valence-electron chi connectivity index (χ0n) is 14.9. The Labute approximate surface area is 156 Å². The number of ether oxygens (including phenoxy) is 1. The lowest BCUT2D eigenvalue weighted by atomic mass is 9.90. The molecule has 3 atom stereocenters. The van der Waals surface area contributed by atoms with Crippen LogP contribution in [0.4, 0.5) is 13.6 Å². The highest BCUT2D eigenvalue weighted by molar-refractivity contribution is 5.67. The number of rotatable bonds is 5. The van der Waals surface area contributed by atoms with Crippen LogP contribution < -0.4 is 10.6 Å². The maximum atomic E-state index is 14.5. The normalized spacial score (nSPS) is 26.1. The van der Waals surface area contributed by atoms with E-state index in [1.54, 1.807) is 6.07 Å². The topological polar surface area (TPSA) is 50.4 Å². The van der Waals surface area contributed by atoms with Gasteiger partial charge in [0, 0.05) is 12.0 Å². The van der Waals surface area contributed by atoms with Crippen LogP contribution in [0.5, 0.6) is 0 Å². The van der Waals surface area contributed by atoms with Crippen LogP contribution >= 0.6 is 0 Å². The van der Waals surface area contributed by atoms with Gasteiger partial charge in [0.05, 0.1) is 0 Å². The Hall–Kier alpha value is -2.47. The lowest BCUT2D eigenvalue weighted by molar-refractivity contribution is 0.138. The zero-order chi connectivity index (χ0) is 18.9. The molecule has 0 unspecified atom stereocenters. The molecule has 1 heterocycles. The van der Waals surface area contributed by atoms with E-state index >= 15 is 0 Å². The van der Waals surface area contributed by atoms with Gasteiger partial charge in [0.1, 0.15) is 6.61 Å². The summed E-state index contributed by atoms with van der Waals surface area (Å²) in [6.07, 6.45) is 0.327. The van der Waals surface area contributed by atoms with Crippen LogP contribution in [0.2, 0.25) is 0 Å². The van der Waals surface area contributed by atoms with Crippen LogP contribution in [0, 0.1) is 23.5 Å². The number of hydrogen-bond donors (Lipinski definition) is 2. The number of nitrogens with one attached hydrogen (secondary N) is 2. The van der Waals surface area contributed by atoms with E-state index in [0.717, 1.165) is 31.1 Å². The average Bonchev–Trinajstić information content (AvgIpc) is 3.36. The minimum atomic E-state index is -0.852. The van der Waals surface area contributed by atoms with Crippen molar-refractivity contribution in [3.8, 4) is 0 Å². The van der Waals surface area contributed by atoms with Crippen molar-refractivity contribution in [1.82, 2.24) is 10.6 Å². The van der Waals surface area contributed by atoms with Crippen LogP contribution in [-0.4, -0.2) is 25.7 Å². The first-order valence-electron chi connectivity index (χ1n) is 9.22. The van der Waals surface area contributed by atoms with Gasteiger partial charge in [-0.05, 0) is 48.5 Å². The molecule has 0 bridgehead atoms. The molecule has 0 radical (unpaired) electrons. The lowest BCUT2D eigenvalue weighted by Gasteiger charge is -2.20. The number of carbonyl (C=O) groups excluding carboxylic acids is 1. The highest BCUT2D eigenvalue weighted by Gasteiger charge is 2.66. The van der Waals surface area contributed by atoms with Gasteiger partial charge in [0.15, 0.2) is 11.6 Å². The summed E-state index contributed by atoms with van der Waals surface area (Å²) >= 11 is 0. The zero-order valence-corrected chi connectivity index (χ0v) is 14.9. The Bertz CT molecular complexity index is 816. The van der Waals surface area contributed by atoms with Gasteiger partial charge in [-0.15, -0.1) is 0 Å². The largest absolute Gasteiger partial charge is 0.445 e. The number of hydrogen-bond acceptors (Lipinski definition) is 3. The molecule has 2 aliphatic rings. The Morgan fingerprint density at radius 3 is 2.70 bits per heavy atom. The van der Waals surface area contributed by atoms with Crippen LogP contribution in [0.3, 0.4) is 0 Å². The molecule has 2 aromatic carbocycles. The predicted molar refractivity (Wildman–Crippen MR) is 97.1 cm³/mol. The quantitative estimate of drug-likeness (QED) is 0.846. The Balaban J connectivity index is 1.47. The van der Waals surface area contributed by atoms with Crippen molar-refractivity contribution in [2.24, 2.45) is 11.8 Å². The number of halogens is 2. The van der Waals surface area contributed by atoms with Gasteiger partial charge >= 0.3 is 6.09 Å². The van der Waals surface area contributed by atoms with Gasteiger partial charge in [-0.25, -0.2) is 13.6 Å². The van der Waals surface area contributed by atoms with Crippen molar-refractivity contribution in [3.05, 3.63) is 71.3 Å². The number of alkyl carbamates (subject to hydrolysis) is 1. The average molecular weight is 372 g/mol. The molecule has 4 rings (SSSR count). The van der Waals surface area contributed by atoms with Crippen molar-refractivity contribution in [1.29, 1.82) is 0 Å². The summed E-state index contributed by atoms with van der Waals surface area (Å²) in [6.45, 7) is 1.99. The molecule has 27 heavy (non-hydrogen) atoms. The van der Waals surface area contributed by atoms with Crippen LogP contribution in [0.15, 0.2) is 48.5 Å². The van der Waals surface area contributed by atoms with Crippen LogP contribution in [0.1, 0.15) is 17.5 Å². The van der Waals surface area contributed by atoms with Gasteiger partial charge in [0.25, 0.3) is 0 Å². The fraction of sp³-hybridized carbons (Fsp3) is 0.381. The van der Waals surface area contributed by atoms with Crippen molar-refractivity contribution in [2.45, 2.75) is 18.4 Å². The molecule has 2 aromatic rings. The number of amides is 1. The van der Waals surface area contributed by atoms with Crippen LogP contribution in [-0.2, 0) is 16.8 Å². The van der Waals surface area contributed by atoms with Gasteiger partial charge < -0.3 is 15.4 Å². The van der Waals surface area contributed by atoms with E-state index in [1.165, 1.54) is 6.07 Å². The molecule has 1 aliphatic carbocycles. The molecule has 2 N–H and O–H groups in total. The van der Waals surface area contributed by atoms with E-state index in [0.29, 0.717) is 5.56 Å². The maximum Gasteiger partial charge on any atom is 0.407 e. The lowest BCUT2D eigenvalue weighted by Crippen LogP contribution is -2.35. The van der Waals surface area contributed by atoms with E-state index < -0.39 is 23.1 Å². The Morgan fingerprint density at radius 1 is 1.15 bits per heavy atom. The summed E-state index contributed by atoms with van der Waals surface area (Å²) in [4.78, 5) is 12.2. The molecule has 142 valence electrons. The molecule has 6 heteroatoms. The van der Waals surface area contributed by atoms with E-state index in [4.69, 9.17) is 4.74 Å². The van der Waals surface area contributed by atoms with E-state index in [2.05, 4.69) is 10.6 Å². The Morgan fingerprint density at radius 2 is 1.96 bits per heavy atom. The SMILES string of the molecule is O=C(NC[C@]1(c2cccc(F)c2F)[C@@H]2CCNC[C@@H]21)OCc1ccccc1. The van der Waals surface area contributed by atoms with Crippen molar-refractivity contribution < 1.29 is 18.3 Å². The molecular formula is C21H22F2N2O2. The Kier molecular flexibility index (Phi) is 4.83. The van der Waals surface area contributed by atoms with E-state index in [1.807, 2.05) is 30.3 Å². The number of piperidine rings is 1. The molecule has 1 amide bonds. The summed E-state index contributed by atoms with van der Waals surface area (Å²) in [5, 5.41) is 6.09. The first-order valence-corrected chi connectivity index (χ1v) is 9.22. The highest BCUT2D eigenvalue weighted by atomic mass is 19.2. The second kappa shape index (κ2) is 7.27. The standard InChI is InChI=1S/C21H22F2N2O2/c22-18-8-4-7-16(19(18)23)21(15-9-10-24-11-17(15)21)13-25-20(26)27-12-14-5-2-1-3-6-14/h1-8,15,17,24H,9-13H2,(H,25,26)/t15-,17+,21-/m1/s1. The van der Waals surface area contributed by atoms with Gasteiger partial charge in [-0.1, -0.05) is 42.5 Å².